The van der Waals surface area contributed by atoms with Gasteiger partial charge in [-0.3, -0.25) is 0 Å². The summed E-state index contributed by atoms with van der Waals surface area (Å²) in [5.74, 6) is 1.14. The number of para-hydroxylation sites is 1. The van der Waals surface area contributed by atoms with Crippen LogP contribution in [0.25, 0.3) is 12.2 Å². The standard InChI is InChI=1S/C15H14O5/c1-18-12-8-11(20-14(16)9-12)7-6-10-4-3-5-13(19-2)15(10)17/h3-9,17H,1-2H3. The van der Waals surface area contributed by atoms with Crippen LogP contribution in [-0.4, -0.2) is 19.3 Å². The number of benzene rings is 1. The van der Waals surface area contributed by atoms with E-state index in [1.165, 1.54) is 20.3 Å². The zero-order chi connectivity index (χ0) is 14.5. The summed E-state index contributed by atoms with van der Waals surface area (Å²) < 4.78 is 15.0. The van der Waals surface area contributed by atoms with Crippen LogP contribution in [-0.2, 0) is 0 Å². The Labute approximate surface area is 115 Å². The average Bonchev–Trinajstić information content (AvgIpc) is 2.45. The number of phenolic OH excluding ortho intramolecular Hbond substituents is 1. The normalized spacial score (nSPS) is 10.7. The molecule has 0 radical (unpaired) electrons. The minimum absolute atomic E-state index is 0.0245. The number of hydrogen-bond donors (Lipinski definition) is 1. The van der Waals surface area contributed by atoms with Crippen LogP contribution in [0.3, 0.4) is 0 Å². The largest absolute Gasteiger partial charge is 0.504 e. The van der Waals surface area contributed by atoms with Gasteiger partial charge in [0.05, 0.1) is 20.3 Å². The number of ether oxygens (including phenoxy) is 2. The van der Waals surface area contributed by atoms with Crippen LogP contribution in [0, 0.1) is 0 Å². The topological polar surface area (TPSA) is 68.9 Å². The van der Waals surface area contributed by atoms with Crippen LogP contribution in [0.2, 0.25) is 0 Å². The molecule has 2 rings (SSSR count). The van der Waals surface area contributed by atoms with E-state index in [9.17, 15) is 9.90 Å². The van der Waals surface area contributed by atoms with Crippen LogP contribution in [0.5, 0.6) is 17.2 Å². The van der Waals surface area contributed by atoms with Gasteiger partial charge in [0.25, 0.3) is 0 Å². The van der Waals surface area contributed by atoms with Gasteiger partial charge in [0.2, 0.25) is 0 Å². The fraction of sp³-hybridized carbons (Fsp3) is 0.133. The van der Waals surface area contributed by atoms with Crippen molar-refractivity contribution < 1.29 is 19.0 Å². The molecule has 0 aliphatic rings. The van der Waals surface area contributed by atoms with E-state index < -0.39 is 5.63 Å². The van der Waals surface area contributed by atoms with Crippen molar-refractivity contribution in [3.63, 3.8) is 0 Å². The molecule has 2 aromatic rings. The van der Waals surface area contributed by atoms with E-state index >= 15 is 0 Å². The summed E-state index contributed by atoms with van der Waals surface area (Å²) in [6.07, 6.45) is 3.19. The number of phenols is 1. The fourth-order valence-electron chi connectivity index (χ4n) is 1.68. The molecule has 0 unspecified atom stereocenters. The Hall–Kier alpha value is -2.69. The molecule has 5 nitrogen and oxygen atoms in total. The minimum atomic E-state index is -0.501. The number of aromatic hydroxyl groups is 1. The third-order valence-corrected chi connectivity index (χ3v) is 2.68. The summed E-state index contributed by atoms with van der Waals surface area (Å²) in [6, 6.07) is 7.94. The van der Waals surface area contributed by atoms with Gasteiger partial charge in [-0.1, -0.05) is 12.1 Å². The van der Waals surface area contributed by atoms with E-state index in [4.69, 9.17) is 13.9 Å². The molecule has 1 N–H and O–H groups in total. The van der Waals surface area contributed by atoms with Crippen LogP contribution in [0.4, 0.5) is 0 Å². The minimum Gasteiger partial charge on any atom is -0.504 e. The second kappa shape index (κ2) is 5.97. The van der Waals surface area contributed by atoms with E-state index in [0.717, 1.165) is 0 Å². The Morgan fingerprint density at radius 2 is 1.95 bits per heavy atom. The zero-order valence-electron chi connectivity index (χ0n) is 11.1. The maximum Gasteiger partial charge on any atom is 0.339 e. The van der Waals surface area contributed by atoms with Crippen LogP contribution in [0.15, 0.2) is 39.5 Å². The maximum atomic E-state index is 11.3. The molecule has 0 saturated heterocycles. The van der Waals surface area contributed by atoms with Crippen molar-refractivity contribution in [3.05, 3.63) is 52.1 Å². The monoisotopic (exact) mass is 274 g/mol. The van der Waals surface area contributed by atoms with Crippen molar-refractivity contribution >= 4 is 12.2 Å². The number of methoxy groups -OCH3 is 2. The molecule has 1 aromatic carbocycles. The van der Waals surface area contributed by atoms with Crippen LogP contribution >= 0.6 is 0 Å². The Bertz CT molecular complexity index is 685. The van der Waals surface area contributed by atoms with Crippen LogP contribution < -0.4 is 15.1 Å². The smallest absolute Gasteiger partial charge is 0.339 e. The highest BCUT2D eigenvalue weighted by Gasteiger charge is 2.05. The van der Waals surface area contributed by atoms with Crippen molar-refractivity contribution in [3.8, 4) is 17.2 Å². The lowest BCUT2D eigenvalue weighted by Gasteiger charge is -2.05. The van der Waals surface area contributed by atoms with Gasteiger partial charge in [0.15, 0.2) is 11.5 Å². The SMILES string of the molecule is COc1cc(C=Cc2cccc(OC)c2O)oc(=O)c1. The first-order chi connectivity index (χ1) is 9.63. The summed E-state index contributed by atoms with van der Waals surface area (Å²) in [7, 11) is 2.94. The maximum absolute atomic E-state index is 11.3. The second-order valence-corrected chi connectivity index (χ2v) is 3.95. The quantitative estimate of drug-likeness (QED) is 0.927. The summed E-state index contributed by atoms with van der Waals surface area (Å²) in [5.41, 5.74) is 0.0497. The number of rotatable bonds is 4. The van der Waals surface area contributed by atoms with Gasteiger partial charge >= 0.3 is 5.63 Å². The molecule has 0 atom stereocenters. The summed E-state index contributed by atoms with van der Waals surface area (Å²) in [5, 5.41) is 9.93. The molecule has 0 saturated carbocycles. The highest BCUT2D eigenvalue weighted by molar-refractivity contribution is 5.72. The molecule has 0 fully saturated rings. The predicted molar refractivity (Wildman–Crippen MR) is 75.1 cm³/mol. The lowest BCUT2D eigenvalue weighted by molar-refractivity contribution is 0.373. The molecular formula is C15H14O5. The first-order valence-corrected chi connectivity index (χ1v) is 5.87. The van der Waals surface area contributed by atoms with E-state index in [0.29, 0.717) is 22.8 Å². The lowest BCUT2D eigenvalue weighted by atomic mass is 10.1. The number of hydrogen-bond acceptors (Lipinski definition) is 5. The summed E-state index contributed by atoms with van der Waals surface area (Å²) >= 11 is 0. The third kappa shape index (κ3) is 3.00. The van der Waals surface area contributed by atoms with Gasteiger partial charge in [-0.2, -0.15) is 0 Å². The summed E-state index contributed by atoms with van der Waals surface area (Å²) in [6.45, 7) is 0. The molecule has 1 aromatic heterocycles. The van der Waals surface area contributed by atoms with Gasteiger partial charge in [-0.05, 0) is 18.2 Å². The fourth-order valence-corrected chi connectivity index (χ4v) is 1.68. The molecule has 0 bridgehead atoms. The molecule has 104 valence electrons. The highest BCUT2D eigenvalue weighted by Crippen LogP contribution is 2.30. The Balaban J connectivity index is 2.34. The molecule has 0 spiro atoms. The Morgan fingerprint density at radius 3 is 2.65 bits per heavy atom. The average molecular weight is 274 g/mol. The third-order valence-electron chi connectivity index (χ3n) is 2.68. The Kier molecular flexibility index (Phi) is 4.10. The van der Waals surface area contributed by atoms with Gasteiger partial charge in [0, 0.05) is 11.6 Å². The van der Waals surface area contributed by atoms with Crippen molar-refractivity contribution in [1.29, 1.82) is 0 Å². The van der Waals surface area contributed by atoms with Crippen molar-refractivity contribution in [2.75, 3.05) is 14.2 Å². The molecular weight excluding hydrogens is 260 g/mol. The predicted octanol–water partition coefficient (Wildman–Crippen LogP) is 2.53. The van der Waals surface area contributed by atoms with Gasteiger partial charge in [0.1, 0.15) is 11.5 Å². The van der Waals surface area contributed by atoms with Gasteiger partial charge < -0.3 is 19.0 Å². The van der Waals surface area contributed by atoms with Crippen molar-refractivity contribution in [2.24, 2.45) is 0 Å². The van der Waals surface area contributed by atoms with Crippen molar-refractivity contribution in [1.82, 2.24) is 0 Å². The van der Waals surface area contributed by atoms with Crippen molar-refractivity contribution in [2.45, 2.75) is 0 Å². The van der Waals surface area contributed by atoms with Crippen LogP contribution in [0.1, 0.15) is 11.3 Å². The van der Waals surface area contributed by atoms with E-state index in [1.54, 1.807) is 36.4 Å². The van der Waals surface area contributed by atoms with Gasteiger partial charge in [-0.15, -0.1) is 0 Å². The highest BCUT2D eigenvalue weighted by atomic mass is 16.5. The first kappa shape index (κ1) is 13.7. The second-order valence-electron chi connectivity index (χ2n) is 3.95. The summed E-state index contributed by atoms with van der Waals surface area (Å²) in [4.78, 5) is 11.3. The van der Waals surface area contributed by atoms with E-state index in [-0.39, 0.29) is 5.75 Å². The molecule has 1 heterocycles. The zero-order valence-corrected chi connectivity index (χ0v) is 11.1. The molecule has 5 heteroatoms. The molecule has 0 aliphatic heterocycles. The van der Waals surface area contributed by atoms with Gasteiger partial charge in [-0.25, -0.2) is 4.79 Å². The van der Waals surface area contributed by atoms with E-state index in [1.807, 2.05) is 0 Å². The first-order valence-electron chi connectivity index (χ1n) is 5.87. The molecule has 0 aliphatic carbocycles. The van der Waals surface area contributed by atoms with E-state index in [2.05, 4.69) is 0 Å². The molecule has 0 amide bonds. The molecule has 20 heavy (non-hydrogen) atoms. The lowest BCUT2D eigenvalue weighted by Crippen LogP contribution is -1.98. The Morgan fingerprint density at radius 1 is 1.15 bits per heavy atom.